The van der Waals surface area contributed by atoms with Crippen molar-refractivity contribution >= 4 is 13.3 Å². The van der Waals surface area contributed by atoms with Gasteiger partial charge in [-0.1, -0.05) is 62.1 Å². The number of nitrogens with one attached hydrogen (secondary N) is 2. The first-order valence-electron chi connectivity index (χ1n) is 13.5. The Balaban J connectivity index is 1.62. The first-order valence-corrected chi connectivity index (χ1v) is 15.3. The second kappa shape index (κ2) is 13.6. The van der Waals surface area contributed by atoms with Gasteiger partial charge in [-0.15, -0.1) is 0 Å². The van der Waals surface area contributed by atoms with Crippen molar-refractivity contribution in [1.29, 1.82) is 0 Å². The van der Waals surface area contributed by atoms with Crippen LogP contribution in [0, 0.1) is 0 Å². The molecule has 11 heteroatoms. The van der Waals surface area contributed by atoms with Crippen LogP contribution >= 0.6 is 7.60 Å². The largest absolute Gasteiger partial charge is 0.458 e. The molecule has 39 heavy (non-hydrogen) atoms. The van der Waals surface area contributed by atoms with Crippen LogP contribution in [0.2, 0.25) is 0 Å². The third-order valence-corrected chi connectivity index (χ3v) is 8.40. The first-order chi connectivity index (χ1) is 18.3. The van der Waals surface area contributed by atoms with E-state index in [0.717, 1.165) is 44.6 Å². The van der Waals surface area contributed by atoms with Gasteiger partial charge in [0.15, 0.2) is 0 Å². The van der Waals surface area contributed by atoms with E-state index >= 15 is 0 Å². The SMILES string of the molecule is O=P(O)(O)CCCNCc1ccc(NCCCCC2(c3ccccc3)CCCCC2)c(C(F)(F)C(F)(F)F)c1. The molecule has 3 rings (SSSR count). The Morgan fingerprint density at radius 2 is 1.56 bits per heavy atom. The van der Waals surface area contributed by atoms with Gasteiger partial charge in [0.05, 0.1) is 11.7 Å². The summed E-state index contributed by atoms with van der Waals surface area (Å²) in [5.74, 6) is -5.04. The zero-order chi connectivity index (χ0) is 28.6. The lowest BCUT2D eigenvalue weighted by atomic mass is 9.67. The molecule has 2 aromatic carbocycles. The number of halogens is 5. The number of hydrogen-bond acceptors (Lipinski definition) is 3. The molecule has 1 fully saturated rings. The Hall–Kier alpha value is -2.00. The van der Waals surface area contributed by atoms with Crippen molar-refractivity contribution in [3.8, 4) is 0 Å². The topological polar surface area (TPSA) is 81.6 Å². The van der Waals surface area contributed by atoms with Gasteiger partial charge in [-0.2, -0.15) is 22.0 Å². The van der Waals surface area contributed by atoms with Crippen LogP contribution < -0.4 is 10.6 Å². The lowest BCUT2D eigenvalue weighted by Crippen LogP contribution is -2.34. The standard InChI is InChI=1S/C28H38F5N2O3P/c29-27(30,28(31,32)33)24-20-22(21-34-17-9-19-39(36,37)38)12-13-25(24)35-18-8-7-16-26(14-5-2-6-15-26)23-10-3-1-4-11-23/h1,3-4,10-13,20,34-35H,2,5-9,14-19,21H2,(H2,36,37,38). The Morgan fingerprint density at radius 3 is 2.21 bits per heavy atom. The third kappa shape index (κ3) is 9.00. The maximum atomic E-state index is 14.5. The summed E-state index contributed by atoms with van der Waals surface area (Å²) in [6.45, 7) is 0.441. The average molecular weight is 577 g/mol. The van der Waals surface area contributed by atoms with Crippen molar-refractivity contribution < 1.29 is 36.3 Å². The van der Waals surface area contributed by atoms with Gasteiger partial charge in [-0.05, 0) is 67.3 Å². The van der Waals surface area contributed by atoms with E-state index in [-0.39, 0.29) is 48.9 Å². The molecule has 0 heterocycles. The van der Waals surface area contributed by atoms with E-state index in [9.17, 15) is 26.5 Å². The fourth-order valence-electron chi connectivity index (χ4n) is 5.43. The fourth-order valence-corrected chi connectivity index (χ4v) is 6.00. The average Bonchev–Trinajstić information content (AvgIpc) is 2.88. The molecule has 0 spiro atoms. The molecule has 0 amide bonds. The summed E-state index contributed by atoms with van der Waals surface area (Å²) in [6, 6.07) is 13.9. The highest BCUT2D eigenvalue weighted by molar-refractivity contribution is 7.51. The maximum absolute atomic E-state index is 14.5. The predicted octanol–water partition coefficient (Wildman–Crippen LogP) is 7.48. The second-order valence-corrected chi connectivity index (χ2v) is 12.2. The van der Waals surface area contributed by atoms with E-state index < -0.39 is 25.3 Å². The quantitative estimate of drug-likeness (QED) is 0.107. The number of anilines is 1. The molecule has 0 bridgehead atoms. The minimum absolute atomic E-state index is 0.00998. The van der Waals surface area contributed by atoms with Crippen LogP contribution in [0.5, 0.6) is 0 Å². The number of alkyl halides is 5. The molecule has 0 aromatic heterocycles. The summed E-state index contributed by atoms with van der Waals surface area (Å²) in [4.78, 5) is 17.8. The molecule has 4 N–H and O–H groups in total. The Bertz CT molecular complexity index is 1090. The van der Waals surface area contributed by atoms with E-state index in [1.54, 1.807) is 0 Å². The third-order valence-electron chi connectivity index (χ3n) is 7.50. The second-order valence-electron chi connectivity index (χ2n) is 10.5. The van der Waals surface area contributed by atoms with Gasteiger partial charge in [0.25, 0.3) is 0 Å². The summed E-state index contributed by atoms with van der Waals surface area (Å²) >= 11 is 0. The van der Waals surface area contributed by atoms with Crippen molar-refractivity contribution in [1.82, 2.24) is 5.32 Å². The lowest BCUT2D eigenvalue weighted by Gasteiger charge is -2.38. The number of benzene rings is 2. The minimum Gasteiger partial charge on any atom is -0.385 e. The van der Waals surface area contributed by atoms with Gasteiger partial charge in [-0.3, -0.25) is 4.57 Å². The minimum atomic E-state index is -5.75. The van der Waals surface area contributed by atoms with Gasteiger partial charge in [0.2, 0.25) is 0 Å². The number of rotatable bonds is 14. The summed E-state index contributed by atoms with van der Waals surface area (Å²) in [5.41, 5.74) is 0.248. The molecule has 5 nitrogen and oxygen atoms in total. The molecule has 0 radical (unpaired) electrons. The zero-order valence-electron chi connectivity index (χ0n) is 22.0. The van der Waals surface area contributed by atoms with Crippen molar-refractivity contribution in [3.05, 3.63) is 65.2 Å². The van der Waals surface area contributed by atoms with E-state index in [1.165, 1.54) is 24.1 Å². The monoisotopic (exact) mass is 576 g/mol. The summed E-state index contributed by atoms with van der Waals surface area (Å²) < 4.78 is 79.7. The zero-order valence-corrected chi connectivity index (χ0v) is 22.8. The molecule has 0 unspecified atom stereocenters. The molecule has 1 aliphatic rings. The van der Waals surface area contributed by atoms with Gasteiger partial charge in [-0.25, -0.2) is 0 Å². The van der Waals surface area contributed by atoms with Crippen molar-refractivity contribution in [2.24, 2.45) is 0 Å². The fraction of sp³-hybridized carbons (Fsp3) is 0.571. The summed E-state index contributed by atoms with van der Waals surface area (Å²) in [6.07, 6.45) is 2.18. The van der Waals surface area contributed by atoms with Gasteiger partial charge < -0.3 is 20.4 Å². The van der Waals surface area contributed by atoms with Crippen molar-refractivity contribution in [3.63, 3.8) is 0 Å². The molecule has 1 saturated carbocycles. The van der Waals surface area contributed by atoms with E-state index in [4.69, 9.17) is 9.79 Å². The van der Waals surface area contributed by atoms with Gasteiger partial charge in [0, 0.05) is 18.8 Å². The highest BCUT2D eigenvalue weighted by Gasteiger charge is 2.59. The van der Waals surface area contributed by atoms with E-state index in [0.29, 0.717) is 6.42 Å². The van der Waals surface area contributed by atoms with Crippen LogP contribution in [0.15, 0.2) is 48.5 Å². The summed E-state index contributed by atoms with van der Waals surface area (Å²) in [5, 5.41) is 5.64. The summed E-state index contributed by atoms with van der Waals surface area (Å²) in [7, 11) is -4.15. The van der Waals surface area contributed by atoms with Crippen molar-refractivity contribution in [2.75, 3.05) is 24.6 Å². The molecule has 218 valence electrons. The maximum Gasteiger partial charge on any atom is 0.458 e. The molecule has 0 aliphatic heterocycles. The van der Waals surface area contributed by atoms with E-state index in [1.807, 2.05) is 18.2 Å². The van der Waals surface area contributed by atoms with Gasteiger partial charge >= 0.3 is 19.7 Å². The molecular weight excluding hydrogens is 538 g/mol. The smallest absolute Gasteiger partial charge is 0.385 e. The highest BCUT2D eigenvalue weighted by atomic mass is 31.2. The van der Waals surface area contributed by atoms with Crippen LogP contribution in [0.1, 0.15) is 74.5 Å². The van der Waals surface area contributed by atoms with Crippen LogP contribution in [0.3, 0.4) is 0 Å². The number of unbranched alkanes of at least 4 members (excludes halogenated alkanes) is 1. The first kappa shape index (κ1) is 31.5. The van der Waals surface area contributed by atoms with Crippen LogP contribution in [-0.4, -0.2) is 35.2 Å². The molecule has 0 saturated heterocycles. The van der Waals surface area contributed by atoms with Crippen molar-refractivity contribution in [2.45, 2.75) is 81.8 Å². The van der Waals surface area contributed by atoms with Gasteiger partial charge in [0.1, 0.15) is 0 Å². The van der Waals surface area contributed by atoms with Crippen LogP contribution in [-0.2, 0) is 22.4 Å². The molecule has 2 aromatic rings. The number of hydrogen-bond donors (Lipinski definition) is 4. The van der Waals surface area contributed by atoms with E-state index in [2.05, 4.69) is 22.8 Å². The Labute approximate surface area is 226 Å². The molecular formula is C28H38F5N2O3P. The van der Waals surface area contributed by atoms with Crippen LogP contribution in [0.25, 0.3) is 0 Å². The Morgan fingerprint density at radius 1 is 0.872 bits per heavy atom. The Kier molecular flexibility index (Phi) is 11.0. The predicted molar refractivity (Wildman–Crippen MR) is 143 cm³/mol. The van der Waals surface area contributed by atoms with Crippen LogP contribution in [0.4, 0.5) is 27.6 Å². The molecule has 0 atom stereocenters. The normalized spacial score (nSPS) is 16.3. The highest BCUT2D eigenvalue weighted by Crippen LogP contribution is 2.47. The molecule has 1 aliphatic carbocycles. The lowest BCUT2D eigenvalue weighted by molar-refractivity contribution is -0.289.